The molecule has 0 amide bonds. The summed E-state index contributed by atoms with van der Waals surface area (Å²) in [7, 11) is 1.19. The van der Waals surface area contributed by atoms with Gasteiger partial charge < -0.3 is 4.74 Å². The molecule has 0 aromatic heterocycles. The van der Waals surface area contributed by atoms with Crippen molar-refractivity contribution in [2.45, 2.75) is 31.0 Å². The van der Waals surface area contributed by atoms with Gasteiger partial charge in [-0.05, 0) is 25.3 Å². The lowest BCUT2D eigenvalue weighted by Crippen LogP contribution is -2.32. The van der Waals surface area contributed by atoms with Crippen molar-refractivity contribution < 1.29 is 22.7 Å². The van der Waals surface area contributed by atoms with Crippen molar-refractivity contribution in [2.24, 2.45) is 4.99 Å². The van der Waals surface area contributed by atoms with E-state index in [0.29, 0.717) is 18.4 Å². The largest absolute Gasteiger partial charge is 0.496 e. The minimum atomic E-state index is -4.50. The molecule has 1 fully saturated rings. The Balaban J connectivity index is 2.61. The van der Waals surface area contributed by atoms with Gasteiger partial charge in [0, 0.05) is 5.56 Å². The zero-order valence-electron chi connectivity index (χ0n) is 10.3. The first-order valence-corrected chi connectivity index (χ1v) is 5.78. The molecule has 1 aliphatic rings. The van der Waals surface area contributed by atoms with Gasteiger partial charge in [-0.1, -0.05) is 12.1 Å². The van der Waals surface area contributed by atoms with Gasteiger partial charge >= 0.3 is 6.18 Å². The van der Waals surface area contributed by atoms with Crippen LogP contribution in [0, 0.1) is 0 Å². The van der Waals surface area contributed by atoms with Gasteiger partial charge in [0.25, 0.3) is 0 Å². The number of rotatable bonds is 3. The molecular weight excluding hydrogens is 259 g/mol. The predicted octanol–water partition coefficient (Wildman–Crippen LogP) is 3.43. The average Bonchev–Trinajstić information content (AvgIpc) is 2.31. The normalized spacial score (nSPS) is 17.3. The molecule has 1 aromatic rings. The highest BCUT2D eigenvalue weighted by Crippen LogP contribution is 2.50. The van der Waals surface area contributed by atoms with Gasteiger partial charge in [0.2, 0.25) is 6.08 Å². The minimum absolute atomic E-state index is 0.256. The van der Waals surface area contributed by atoms with Crippen molar-refractivity contribution in [1.82, 2.24) is 0 Å². The van der Waals surface area contributed by atoms with Crippen molar-refractivity contribution >= 4 is 6.08 Å². The van der Waals surface area contributed by atoms with Crippen LogP contribution in [-0.2, 0) is 16.5 Å². The summed E-state index contributed by atoms with van der Waals surface area (Å²) in [6.07, 6.45) is -1.18. The Labute approximate surface area is 108 Å². The van der Waals surface area contributed by atoms with Gasteiger partial charge in [0.15, 0.2) is 0 Å². The SMILES string of the molecule is COc1c(C(F)(F)F)cccc1C1(N=C=O)CCC1. The van der Waals surface area contributed by atoms with E-state index in [1.54, 1.807) is 0 Å². The monoisotopic (exact) mass is 271 g/mol. The highest BCUT2D eigenvalue weighted by molar-refractivity contribution is 5.50. The zero-order valence-corrected chi connectivity index (χ0v) is 10.3. The summed E-state index contributed by atoms with van der Waals surface area (Å²) >= 11 is 0. The summed E-state index contributed by atoms with van der Waals surface area (Å²) in [6, 6.07) is 3.79. The summed E-state index contributed by atoms with van der Waals surface area (Å²) in [5.74, 6) is -0.256. The van der Waals surface area contributed by atoms with Gasteiger partial charge in [0.05, 0.1) is 12.7 Å². The summed E-state index contributed by atoms with van der Waals surface area (Å²) in [6.45, 7) is 0. The highest BCUT2D eigenvalue weighted by atomic mass is 19.4. The first-order chi connectivity index (χ1) is 8.94. The Kier molecular flexibility index (Phi) is 3.37. The molecule has 0 radical (unpaired) electrons. The van der Waals surface area contributed by atoms with Gasteiger partial charge in [-0.25, -0.2) is 4.79 Å². The second-order valence-corrected chi connectivity index (χ2v) is 4.47. The molecule has 0 N–H and O–H groups in total. The molecule has 0 heterocycles. The molecule has 0 unspecified atom stereocenters. The molecule has 2 rings (SSSR count). The molecule has 0 bridgehead atoms. The number of alkyl halides is 3. The number of methoxy groups -OCH3 is 1. The molecule has 1 aromatic carbocycles. The van der Waals surface area contributed by atoms with Crippen molar-refractivity contribution in [2.75, 3.05) is 7.11 Å². The topological polar surface area (TPSA) is 38.7 Å². The van der Waals surface area contributed by atoms with E-state index in [-0.39, 0.29) is 5.75 Å². The molecule has 0 spiro atoms. The van der Waals surface area contributed by atoms with Crippen molar-refractivity contribution in [3.05, 3.63) is 29.3 Å². The number of ether oxygens (including phenoxy) is 1. The fraction of sp³-hybridized carbons (Fsp3) is 0.462. The maximum atomic E-state index is 12.9. The lowest BCUT2D eigenvalue weighted by molar-refractivity contribution is -0.138. The lowest BCUT2D eigenvalue weighted by Gasteiger charge is -2.38. The van der Waals surface area contributed by atoms with Crippen LogP contribution in [0.15, 0.2) is 23.2 Å². The molecule has 102 valence electrons. The van der Waals surface area contributed by atoms with Crippen LogP contribution >= 0.6 is 0 Å². The number of carbonyl (C=O) groups excluding carboxylic acids is 1. The van der Waals surface area contributed by atoms with E-state index in [9.17, 15) is 18.0 Å². The van der Waals surface area contributed by atoms with E-state index >= 15 is 0 Å². The first-order valence-electron chi connectivity index (χ1n) is 5.78. The maximum Gasteiger partial charge on any atom is 0.419 e. The third-order valence-electron chi connectivity index (χ3n) is 3.47. The van der Waals surface area contributed by atoms with Crippen LogP contribution in [0.2, 0.25) is 0 Å². The molecular formula is C13H12F3NO2. The summed E-state index contributed by atoms with van der Waals surface area (Å²) < 4.78 is 43.7. The third-order valence-corrected chi connectivity index (χ3v) is 3.47. The van der Waals surface area contributed by atoms with Crippen LogP contribution in [0.1, 0.15) is 30.4 Å². The molecule has 1 aliphatic carbocycles. The lowest BCUT2D eigenvalue weighted by atomic mass is 9.71. The Morgan fingerprint density at radius 1 is 1.37 bits per heavy atom. The van der Waals surface area contributed by atoms with Crippen LogP contribution in [0.4, 0.5) is 13.2 Å². The van der Waals surface area contributed by atoms with Gasteiger partial charge in [-0.3, -0.25) is 0 Å². The fourth-order valence-corrected chi connectivity index (χ4v) is 2.39. The van der Waals surface area contributed by atoms with E-state index in [0.717, 1.165) is 12.5 Å². The Morgan fingerprint density at radius 3 is 2.47 bits per heavy atom. The maximum absolute atomic E-state index is 12.9. The second-order valence-electron chi connectivity index (χ2n) is 4.47. The Morgan fingerprint density at radius 2 is 2.05 bits per heavy atom. The molecule has 0 aliphatic heterocycles. The Hall–Kier alpha value is -1.81. The van der Waals surface area contributed by atoms with Gasteiger partial charge in [-0.2, -0.15) is 18.2 Å². The second kappa shape index (κ2) is 4.70. The number of para-hydroxylation sites is 1. The molecule has 1 saturated carbocycles. The van der Waals surface area contributed by atoms with Crippen LogP contribution in [0.3, 0.4) is 0 Å². The number of hydrogen-bond acceptors (Lipinski definition) is 3. The third kappa shape index (κ3) is 2.24. The molecule has 0 atom stereocenters. The Bertz CT molecular complexity index is 529. The van der Waals surface area contributed by atoms with Gasteiger partial charge in [0.1, 0.15) is 11.3 Å². The molecule has 0 saturated heterocycles. The average molecular weight is 271 g/mol. The predicted molar refractivity (Wildman–Crippen MR) is 61.6 cm³/mol. The zero-order chi connectivity index (χ0) is 14.1. The molecule has 6 heteroatoms. The van der Waals surface area contributed by atoms with Crippen LogP contribution in [0.25, 0.3) is 0 Å². The molecule has 19 heavy (non-hydrogen) atoms. The smallest absolute Gasteiger partial charge is 0.419 e. The summed E-state index contributed by atoms with van der Waals surface area (Å²) in [4.78, 5) is 14.2. The standard InChI is InChI=1S/C13H12F3NO2/c1-19-11-9(12(17-8-18)6-3-7-12)4-2-5-10(11)13(14,15)16/h2,4-5H,3,6-7H2,1H3. The van der Waals surface area contributed by atoms with E-state index < -0.39 is 17.3 Å². The minimum Gasteiger partial charge on any atom is -0.496 e. The van der Waals surface area contributed by atoms with Gasteiger partial charge in [-0.15, -0.1) is 0 Å². The van der Waals surface area contributed by atoms with Crippen LogP contribution in [0.5, 0.6) is 5.75 Å². The van der Waals surface area contributed by atoms with E-state index in [4.69, 9.17) is 4.74 Å². The van der Waals surface area contributed by atoms with E-state index in [2.05, 4.69) is 4.99 Å². The van der Waals surface area contributed by atoms with Crippen LogP contribution in [-0.4, -0.2) is 13.2 Å². The summed E-state index contributed by atoms with van der Waals surface area (Å²) in [5.41, 5.74) is -1.45. The number of halogens is 3. The number of benzene rings is 1. The fourth-order valence-electron chi connectivity index (χ4n) is 2.39. The number of hydrogen-bond donors (Lipinski definition) is 0. The number of aliphatic imine (C=N–C) groups is 1. The van der Waals surface area contributed by atoms with Crippen LogP contribution < -0.4 is 4.74 Å². The quantitative estimate of drug-likeness (QED) is 0.624. The van der Waals surface area contributed by atoms with Crippen molar-refractivity contribution in [1.29, 1.82) is 0 Å². The number of isocyanates is 1. The van der Waals surface area contributed by atoms with E-state index in [1.807, 2.05) is 0 Å². The summed E-state index contributed by atoms with van der Waals surface area (Å²) in [5, 5.41) is 0. The first kappa shape index (κ1) is 13.6. The van der Waals surface area contributed by atoms with Crippen molar-refractivity contribution in [3.8, 4) is 5.75 Å². The molecule has 3 nitrogen and oxygen atoms in total. The number of nitrogens with zero attached hydrogens (tertiary/aromatic N) is 1. The highest BCUT2D eigenvalue weighted by Gasteiger charge is 2.44. The van der Waals surface area contributed by atoms with Crippen molar-refractivity contribution in [3.63, 3.8) is 0 Å². The van der Waals surface area contributed by atoms with E-state index in [1.165, 1.54) is 25.3 Å².